The number of rotatable bonds is 7. The molecule has 0 spiro atoms. The van der Waals surface area contributed by atoms with Gasteiger partial charge in [-0.15, -0.1) is 0 Å². The van der Waals surface area contributed by atoms with Crippen molar-refractivity contribution >= 4 is 29.5 Å². The molecule has 11 heteroatoms. The quantitative estimate of drug-likeness (QED) is 0.484. The minimum atomic E-state index is -0.559. The molecule has 0 saturated carbocycles. The Morgan fingerprint density at radius 3 is 2.55 bits per heavy atom. The third-order valence-corrected chi connectivity index (χ3v) is 6.71. The predicted octanol–water partition coefficient (Wildman–Crippen LogP) is 3.49. The lowest BCUT2D eigenvalue weighted by Crippen LogP contribution is -2.46. The molecule has 42 heavy (non-hydrogen) atoms. The molecular formula is C31H38FN5O5. The zero-order valence-electron chi connectivity index (χ0n) is 24.5. The van der Waals surface area contributed by atoms with Crippen molar-refractivity contribution in [1.29, 1.82) is 0 Å². The van der Waals surface area contributed by atoms with Gasteiger partial charge >= 0.3 is 12.2 Å². The molecule has 4 rings (SSSR count). The van der Waals surface area contributed by atoms with E-state index in [1.807, 2.05) is 49.9 Å². The van der Waals surface area contributed by atoms with E-state index in [2.05, 4.69) is 27.4 Å². The van der Waals surface area contributed by atoms with Gasteiger partial charge in [-0.1, -0.05) is 24.0 Å². The fourth-order valence-corrected chi connectivity index (χ4v) is 4.66. The van der Waals surface area contributed by atoms with Crippen LogP contribution in [0.2, 0.25) is 0 Å². The van der Waals surface area contributed by atoms with Gasteiger partial charge in [0.1, 0.15) is 17.5 Å². The van der Waals surface area contributed by atoms with Crippen LogP contribution < -0.4 is 20.4 Å². The Labute approximate surface area is 246 Å². The molecule has 0 radical (unpaired) electrons. The Morgan fingerprint density at radius 2 is 1.86 bits per heavy atom. The number of anilines is 2. The van der Waals surface area contributed by atoms with E-state index in [9.17, 15) is 14.4 Å². The molecule has 0 aliphatic carbocycles. The van der Waals surface area contributed by atoms with Crippen molar-refractivity contribution in [3.63, 3.8) is 0 Å². The van der Waals surface area contributed by atoms with Crippen LogP contribution in [0.15, 0.2) is 42.5 Å². The summed E-state index contributed by atoms with van der Waals surface area (Å²) in [6.07, 6.45) is -1.50. The number of hydrogen-bond acceptors (Lipinski definition) is 7. The van der Waals surface area contributed by atoms with E-state index in [-0.39, 0.29) is 19.0 Å². The van der Waals surface area contributed by atoms with E-state index < -0.39 is 29.7 Å². The van der Waals surface area contributed by atoms with Gasteiger partial charge in [-0.05, 0) is 56.7 Å². The van der Waals surface area contributed by atoms with Crippen molar-refractivity contribution in [2.24, 2.45) is 0 Å². The summed E-state index contributed by atoms with van der Waals surface area (Å²) in [5.41, 5.74) is 2.16. The number of cyclic esters (lactones) is 1. The second kappa shape index (κ2) is 13.6. The van der Waals surface area contributed by atoms with Crippen molar-refractivity contribution in [1.82, 2.24) is 15.5 Å². The summed E-state index contributed by atoms with van der Waals surface area (Å²) in [4.78, 5) is 40.9. The number of nitrogens with zero attached hydrogens (tertiary/aromatic N) is 3. The van der Waals surface area contributed by atoms with Gasteiger partial charge in [0.2, 0.25) is 5.91 Å². The Bertz CT molecular complexity index is 1360. The van der Waals surface area contributed by atoms with Gasteiger partial charge in [-0.2, -0.15) is 0 Å². The molecule has 2 aromatic carbocycles. The van der Waals surface area contributed by atoms with E-state index >= 15 is 4.39 Å². The maximum absolute atomic E-state index is 15.1. The molecule has 2 fully saturated rings. The maximum atomic E-state index is 15.1. The molecule has 1 atom stereocenters. The van der Waals surface area contributed by atoms with Gasteiger partial charge in [0, 0.05) is 45.2 Å². The van der Waals surface area contributed by atoms with Gasteiger partial charge < -0.3 is 25.0 Å². The highest BCUT2D eigenvalue weighted by atomic mass is 19.1. The number of benzene rings is 2. The predicted molar refractivity (Wildman–Crippen MR) is 158 cm³/mol. The number of halogens is 1. The summed E-state index contributed by atoms with van der Waals surface area (Å²) in [5, 5.41) is 5.39. The van der Waals surface area contributed by atoms with Gasteiger partial charge in [0.15, 0.2) is 0 Å². The minimum absolute atomic E-state index is 0.205. The molecule has 10 nitrogen and oxygen atoms in total. The zero-order chi connectivity index (χ0) is 30.3. The third-order valence-electron chi connectivity index (χ3n) is 6.71. The largest absolute Gasteiger partial charge is 0.444 e. The first kappa shape index (κ1) is 30.7. The summed E-state index contributed by atoms with van der Waals surface area (Å²) >= 11 is 0. The monoisotopic (exact) mass is 579 g/mol. The highest BCUT2D eigenvalue weighted by molar-refractivity contribution is 5.90. The Hall–Kier alpha value is -4.30. The number of ether oxygens (including phenoxy) is 2. The molecule has 3 amide bonds. The molecule has 2 aromatic rings. The molecule has 2 saturated heterocycles. The van der Waals surface area contributed by atoms with Crippen molar-refractivity contribution in [3.05, 3.63) is 59.4 Å². The zero-order valence-corrected chi connectivity index (χ0v) is 24.5. The van der Waals surface area contributed by atoms with Crippen molar-refractivity contribution in [2.75, 3.05) is 55.6 Å². The third kappa shape index (κ3) is 8.85. The van der Waals surface area contributed by atoms with Crippen LogP contribution in [0.1, 0.15) is 38.8 Å². The van der Waals surface area contributed by atoms with E-state index in [1.165, 1.54) is 17.9 Å². The van der Waals surface area contributed by atoms with Gasteiger partial charge in [0.05, 0.1) is 31.0 Å². The minimum Gasteiger partial charge on any atom is -0.444 e. The molecule has 0 bridgehead atoms. The molecular weight excluding hydrogens is 541 g/mol. The topological polar surface area (TPSA) is 103 Å². The Kier molecular flexibility index (Phi) is 9.91. The number of piperazine rings is 1. The standard InChI is InChI=1S/C31H38FN5O5/c1-22(38)33-20-26-21-37(30(40)41-26)25-10-11-28(27(32)18-25)36-15-13-35(14-16-36)12-6-9-23-7-5-8-24(17-23)19-34-29(39)42-31(2,3)4/h5,7-8,10-11,17-18,26H,12-16,19-21H2,1-4H3,(H,33,38)(H,34,39)/t26-/m0/s1. The fourth-order valence-electron chi connectivity index (χ4n) is 4.66. The summed E-state index contributed by atoms with van der Waals surface area (Å²) in [7, 11) is 0. The number of nitrogens with one attached hydrogen (secondary N) is 2. The van der Waals surface area contributed by atoms with Crippen LogP contribution in [0.4, 0.5) is 25.4 Å². The second-order valence-electron chi connectivity index (χ2n) is 11.3. The van der Waals surface area contributed by atoms with E-state index in [0.717, 1.165) is 24.2 Å². The lowest BCUT2D eigenvalue weighted by Gasteiger charge is -2.35. The molecule has 0 unspecified atom stereocenters. The molecule has 2 N–H and O–H groups in total. The first-order valence-corrected chi connectivity index (χ1v) is 14.0. The lowest BCUT2D eigenvalue weighted by atomic mass is 10.1. The SMILES string of the molecule is CC(=O)NC[C@H]1CN(c2ccc(N3CCN(CC#Cc4cccc(CNC(=O)OC(C)(C)C)c4)CC3)c(F)c2)C(=O)O1. The fraction of sp³-hybridized carbons (Fsp3) is 0.452. The van der Waals surface area contributed by atoms with Crippen LogP contribution in [0.25, 0.3) is 0 Å². The molecule has 224 valence electrons. The highest BCUT2D eigenvalue weighted by Crippen LogP contribution is 2.28. The summed E-state index contributed by atoms with van der Waals surface area (Å²) in [5.74, 6) is 5.80. The molecule has 0 aromatic heterocycles. The van der Waals surface area contributed by atoms with E-state index in [4.69, 9.17) is 9.47 Å². The normalized spacial score (nSPS) is 17.3. The van der Waals surface area contributed by atoms with Gasteiger partial charge in [-0.25, -0.2) is 14.0 Å². The summed E-state index contributed by atoms with van der Waals surface area (Å²) in [6.45, 7) is 11.0. The van der Waals surface area contributed by atoms with Crippen LogP contribution in [-0.4, -0.2) is 80.5 Å². The number of carbonyl (C=O) groups is 3. The van der Waals surface area contributed by atoms with E-state index in [0.29, 0.717) is 37.6 Å². The first-order chi connectivity index (χ1) is 20.0. The summed E-state index contributed by atoms with van der Waals surface area (Å²) in [6, 6.07) is 12.5. The molecule has 2 aliphatic heterocycles. The van der Waals surface area contributed by atoms with Crippen molar-refractivity contribution < 1.29 is 28.2 Å². The van der Waals surface area contributed by atoms with Gasteiger partial charge in [-0.3, -0.25) is 14.6 Å². The van der Waals surface area contributed by atoms with Crippen LogP contribution >= 0.6 is 0 Å². The second-order valence-corrected chi connectivity index (χ2v) is 11.3. The van der Waals surface area contributed by atoms with Gasteiger partial charge in [0.25, 0.3) is 0 Å². The number of carbonyl (C=O) groups excluding carboxylic acids is 3. The lowest BCUT2D eigenvalue weighted by molar-refractivity contribution is -0.119. The maximum Gasteiger partial charge on any atom is 0.414 e. The average molecular weight is 580 g/mol. The van der Waals surface area contributed by atoms with Crippen molar-refractivity contribution in [3.8, 4) is 11.8 Å². The van der Waals surface area contributed by atoms with Crippen LogP contribution in [0, 0.1) is 17.7 Å². The van der Waals surface area contributed by atoms with Crippen molar-refractivity contribution in [2.45, 2.75) is 45.9 Å². The highest BCUT2D eigenvalue weighted by Gasteiger charge is 2.33. The molecule has 2 heterocycles. The Balaban J connectivity index is 1.25. The molecule has 2 aliphatic rings. The van der Waals surface area contributed by atoms with E-state index in [1.54, 1.807) is 12.1 Å². The van der Waals surface area contributed by atoms with Crippen LogP contribution in [0.3, 0.4) is 0 Å². The van der Waals surface area contributed by atoms with Crippen LogP contribution in [0.5, 0.6) is 0 Å². The van der Waals surface area contributed by atoms with Crippen LogP contribution in [-0.2, 0) is 20.8 Å². The Morgan fingerprint density at radius 1 is 1.10 bits per heavy atom. The number of hydrogen-bond donors (Lipinski definition) is 2. The smallest absolute Gasteiger partial charge is 0.414 e. The summed E-state index contributed by atoms with van der Waals surface area (Å²) < 4.78 is 25.7. The number of alkyl carbamates (subject to hydrolysis) is 1. The first-order valence-electron chi connectivity index (χ1n) is 14.0. The number of amides is 3. The average Bonchev–Trinajstić information content (AvgIpc) is 3.31.